The molecule has 1 atom stereocenters. The van der Waals surface area contributed by atoms with Gasteiger partial charge in [-0.1, -0.05) is 34.1 Å². The second-order valence-corrected chi connectivity index (χ2v) is 9.80. The predicted molar refractivity (Wildman–Crippen MR) is 116 cm³/mol. The van der Waals surface area contributed by atoms with Gasteiger partial charge in [0, 0.05) is 34.6 Å². The molecular weight excluding hydrogens is 354 g/mol. The molecule has 0 bridgehead atoms. The SMILES string of the molecule is CCCCN(C)c1cc(C)c(S(=O)c2ccc(O)c(C(C)(C)C)c2)c(C)c1. The molecule has 0 aliphatic rings. The summed E-state index contributed by atoms with van der Waals surface area (Å²) in [5.41, 5.74) is 3.86. The van der Waals surface area contributed by atoms with E-state index in [4.69, 9.17) is 0 Å². The lowest BCUT2D eigenvalue weighted by Gasteiger charge is -2.23. The summed E-state index contributed by atoms with van der Waals surface area (Å²) in [6, 6.07) is 9.56. The normalized spacial score (nSPS) is 12.9. The van der Waals surface area contributed by atoms with Crippen molar-refractivity contribution in [1.29, 1.82) is 0 Å². The molecule has 2 aromatic carbocycles. The quantitative estimate of drug-likeness (QED) is 0.690. The maximum Gasteiger partial charge on any atom is 0.119 e. The van der Waals surface area contributed by atoms with Gasteiger partial charge >= 0.3 is 0 Å². The van der Waals surface area contributed by atoms with Crippen LogP contribution in [0.15, 0.2) is 40.1 Å². The highest BCUT2D eigenvalue weighted by molar-refractivity contribution is 7.85. The van der Waals surface area contributed by atoms with Gasteiger partial charge < -0.3 is 10.0 Å². The zero-order valence-corrected chi connectivity index (χ0v) is 18.5. The Morgan fingerprint density at radius 1 is 1.07 bits per heavy atom. The summed E-state index contributed by atoms with van der Waals surface area (Å²) in [6.45, 7) is 13.4. The van der Waals surface area contributed by atoms with Crippen molar-refractivity contribution >= 4 is 16.5 Å². The molecule has 0 aliphatic carbocycles. The molecule has 0 aliphatic heterocycles. The van der Waals surface area contributed by atoms with Crippen LogP contribution in [0.4, 0.5) is 5.69 Å². The van der Waals surface area contributed by atoms with E-state index in [1.54, 1.807) is 12.1 Å². The Balaban J connectivity index is 2.43. The van der Waals surface area contributed by atoms with Crippen LogP contribution < -0.4 is 4.90 Å². The first-order valence-corrected chi connectivity index (χ1v) is 10.8. The van der Waals surface area contributed by atoms with E-state index in [-0.39, 0.29) is 11.2 Å². The maximum absolute atomic E-state index is 13.3. The summed E-state index contributed by atoms with van der Waals surface area (Å²) in [5, 5.41) is 10.2. The van der Waals surface area contributed by atoms with Gasteiger partial charge in [-0.25, -0.2) is 4.21 Å². The molecule has 0 radical (unpaired) electrons. The van der Waals surface area contributed by atoms with Gasteiger partial charge in [0.15, 0.2) is 0 Å². The molecule has 1 N–H and O–H groups in total. The van der Waals surface area contributed by atoms with Crippen molar-refractivity contribution in [2.24, 2.45) is 0 Å². The number of unbranched alkanes of at least 4 members (excludes halogenated alkanes) is 1. The van der Waals surface area contributed by atoms with Crippen molar-refractivity contribution < 1.29 is 9.32 Å². The Morgan fingerprint density at radius 2 is 1.67 bits per heavy atom. The lowest BCUT2D eigenvalue weighted by Crippen LogP contribution is -2.19. The first-order valence-electron chi connectivity index (χ1n) is 9.64. The summed E-state index contributed by atoms with van der Waals surface area (Å²) < 4.78 is 13.3. The number of phenolic OH excluding ortho intramolecular Hbond substituents is 1. The summed E-state index contributed by atoms with van der Waals surface area (Å²) in [7, 11) is 0.827. The monoisotopic (exact) mass is 387 g/mol. The van der Waals surface area contributed by atoms with E-state index in [0.717, 1.165) is 39.4 Å². The number of benzene rings is 2. The van der Waals surface area contributed by atoms with Crippen LogP contribution in [-0.4, -0.2) is 22.9 Å². The molecule has 1 unspecified atom stereocenters. The van der Waals surface area contributed by atoms with E-state index in [2.05, 4.69) is 31.0 Å². The topological polar surface area (TPSA) is 40.5 Å². The van der Waals surface area contributed by atoms with Crippen molar-refractivity contribution in [2.45, 2.75) is 69.6 Å². The smallest absolute Gasteiger partial charge is 0.119 e. The molecule has 2 aromatic rings. The molecule has 0 aromatic heterocycles. The van der Waals surface area contributed by atoms with E-state index in [0.29, 0.717) is 0 Å². The molecule has 0 amide bonds. The Bertz CT molecular complexity index is 814. The number of nitrogens with zero attached hydrogens (tertiary/aromatic N) is 1. The number of hydrogen-bond acceptors (Lipinski definition) is 3. The minimum absolute atomic E-state index is 0.208. The zero-order chi connectivity index (χ0) is 20.4. The van der Waals surface area contributed by atoms with Gasteiger partial charge in [0.05, 0.1) is 10.8 Å². The summed E-state index contributed by atoms with van der Waals surface area (Å²) in [6.07, 6.45) is 2.33. The third-order valence-electron chi connectivity index (χ3n) is 4.91. The number of phenols is 1. The summed E-state index contributed by atoms with van der Waals surface area (Å²) in [5.74, 6) is 0.254. The maximum atomic E-state index is 13.3. The summed E-state index contributed by atoms with van der Waals surface area (Å²) >= 11 is 0. The minimum Gasteiger partial charge on any atom is -0.508 e. The minimum atomic E-state index is -1.28. The molecule has 0 spiro atoms. The Hall–Kier alpha value is -1.81. The Labute approximate surface area is 166 Å². The average molecular weight is 388 g/mol. The van der Waals surface area contributed by atoms with Gasteiger partial charge in [-0.3, -0.25) is 0 Å². The molecule has 0 fully saturated rings. The number of hydrogen-bond donors (Lipinski definition) is 1. The van der Waals surface area contributed by atoms with E-state index in [1.807, 2.05) is 40.7 Å². The van der Waals surface area contributed by atoms with Gasteiger partial charge in [-0.05, 0) is 67.1 Å². The Kier molecular flexibility index (Phi) is 6.74. The van der Waals surface area contributed by atoms with Crippen LogP contribution >= 0.6 is 0 Å². The fourth-order valence-electron chi connectivity index (χ4n) is 3.31. The molecule has 0 heterocycles. The van der Waals surface area contributed by atoms with E-state index in [9.17, 15) is 9.32 Å². The first kappa shape index (κ1) is 21.5. The highest BCUT2D eigenvalue weighted by Gasteiger charge is 2.21. The van der Waals surface area contributed by atoms with Crippen LogP contribution in [0.3, 0.4) is 0 Å². The van der Waals surface area contributed by atoms with Crippen LogP contribution in [-0.2, 0) is 16.2 Å². The summed E-state index contributed by atoms with van der Waals surface area (Å²) in [4.78, 5) is 3.86. The molecule has 27 heavy (non-hydrogen) atoms. The highest BCUT2D eigenvalue weighted by atomic mass is 32.2. The van der Waals surface area contributed by atoms with Crippen LogP contribution in [0.5, 0.6) is 5.75 Å². The van der Waals surface area contributed by atoms with Crippen LogP contribution in [0.25, 0.3) is 0 Å². The van der Waals surface area contributed by atoms with E-state index in [1.165, 1.54) is 12.1 Å². The van der Waals surface area contributed by atoms with Crippen LogP contribution in [0.2, 0.25) is 0 Å². The standard InChI is InChI=1S/C23H33NO2S/c1-8-9-12-24(7)18-13-16(2)22(17(3)14-18)27(26)19-10-11-21(25)20(15-19)23(4,5)6/h10-11,13-15,25H,8-9,12H2,1-7H3. The molecule has 0 saturated heterocycles. The van der Waals surface area contributed by atoms with Gasteiger partial charge in [0.1, 0.15) is 5.75 Å². The fraction of sp³-hybridized carbons (Fsp3) is 0.478. The van der Waals surface area contributed by atoms with Crippen molar-refractivity contribution in [2.75, 3.05) is 18.5 Å². The highest BCUT2D eigenvalue weighted by Crippen LogP contribution is 2.34. The van der Waals surface area contributed by atoms with E-state index < -0.39 is 10.8 Å². The van der Waals surface area contributed by atoms with Crippen molar-refractivity contribution in [3.8, 4) is 5.75 Å². The van der Waals surface area contributed by atoms with E-state index >= 15 is 0 Å². The molecule has 148 valence electrons. The molecular formula is C23H33NO2S. The lowest BCUT2D eigenvalue weighted by atomic mass is 9.86. The third kappa shape index (κ3) is 4.92. The second kappa shape index (κ2) is 8.47. The Morgan fingerprint density at radius 3 is 2.19 bits per heavy atom. The first-order chi connectivity index (χ1) is 12.6. The van der Waals surface area contributed by atoms with Gasteiger partial charge in [0.2, 0.25) is 0 Å². The number of rotatable bonds is 6. The van der Waals surface area contributed by atoms with Crippen molar-refractivity contribution in [1.82, 2.24) is 0 Å². The van der Waals surface area contributed by atoms with Crippen LogP contribution in [0, 0.1) is 13.8 Å². The predicted octanol–water partition coefficient (Wildman–Crippen LogP) is 5.71. The van der Waals surface area contributed by atoms with Gasteiger partial charge in [-0.15, -0.1) is 0 Å². The fourth-order valence-corrected chi connectivity index (χ4v) is 4.67. The zero-order valence-electron chi connectivity index (χ0n) is 17.7. The van der Waals surface area contributed by atoms with Crippen molar-refractivity contribution in [3.63, 3.8) is 0 Å². The molecule has 2 rings (SSSR count). The average Bonchev–Trinajstić information content (AvgIpc) is 2.58. The molecule has 3 nitrogen and oxygen atoms in total. The van der Waals surface area contributed by atoms with Gasteiger partial charge in [-0.2, -0.15) is 0 Å². The van der Waals surface area contributed by atoms with Crippen LogP contribution in [0.1, 0.15) is 57.2 Å². The molecule has 4 heteroatoms. The third-order valence-corrected chi connectivity index (χ3v) is 6.61. The largest absolute Gasteiger partial charge is 0.508 e. The number of aryl methyl sites for hydroxylation is 2. The van der Waals surface area contributed by atoms with Crippen molar-refractivity contribution in [3.05, 3.63) is 47.0 Å². The lowest BCUT2D eigenvalue weighted by molar-refractivity contribution is 0.446. The number of anilines is 1. The van der Waals surface area contributed by atoms with Gasteiger partial charge in [0.25, 0.3) is 0 Å². The molecule has 0 saturated carbocycles. The second-order valence-electron chi connectivity index (χ2n) is 8.38. The number of aromatic hydroxyl groups is 1.